The molecule has 0 unspecified atom stereocenters. The van der Waals surface area contributed by atoms with E-state index in [1.807, 2.05) is 39.0 Å². The van der Waals surface area contributed by atoms with Crippen LogP contribution in [0.2, 0.25) is 0 Å². The number of nitrogens with zero attached hydrogens (tertiary/aromatic N) is 1. The van der Waals surface area contributed by atoms with Crippen LogP contribution in [0.25, 0.3) is 10.2 Å². The van der Waals surface area contributed by atoms with Gasteiger partial charge in [-0.05, 0) is 55.7 Å². The van der Waals surface area contributed by atoms with Gasteiger partial charge < -0.3 is 0 Å². The molecule has 0 aliphatic carbocycles. The van der Waals surface area contributed by atoms with Crippen molar-refractivity contribution >= 4 is 37.3 Å². The molecule has 0 bridgehead atoms. The number of benzene rings is 2. The molecule has 0 atom stereocenters. The van der Waals surface area contributed by atoms with E-state index in [0.29, 0.717) is 16.9 Å². The molecule has 0 aliphatic rings. The minimum Gasteiger partial charge on any atom is -0.299 e. The first-order chi connectivity index (χ1) is 11.8. The van der Waals surface area contributed by atoms with E-state index in [1.54, 1.807) is 22.8 Å². The van der Waals surface area contributed by atoms with E-state index >= 15 is 0 Å². The average molecular weight is 377 g/mol. The summed E-state index contributed by atoms with van der Waals surface area (Å²) in [4.78, 5) is 12.2. The topological polar surface area (TPSA) is 68.2 Å². The molecule has 1 aromatic heterocycles. The highest BCUT2D eigenvalue weighted by atomic mass is 32.2. The highest BCUT2D eigenvalue weighted by molar-refractivity contribution is 7.92. The van der Waals surface area contributed by atoms with Gasteiger partial charge in [0.1, 0.15) is 0 Å². The minimum atomic E-state index is -3.71. The normalized spacial score (nSPS) is 11.8. The zero-order valence-electron chi connectivity index (χ0n) is 14.4. The summed E-state index contributed by atoms with van der Waals surface area (Å²) in [6.07, 6.45) is 0.847. The highest BCUT2D eigenvalue weighted by Gasteiger charge is 2.17. The number of nitrogens with one attached hydrogen (secondary N) is 1. The fourth-order valence-electron chi connectivity index (χ4n) is 2.70. The van der Waals surface area contributed by atoms with E-state index in [4.69, 9.17) is 0 Å². The zero-order valence-corrected chi connectivity index (χ0v) is 16.0. The van der Waals surface area contributed by atoms with Gasteiger partial charge in [-0.2, -0.15) is 0 Å². The first-order valence-electron chi connectivity index (χ1n) is 8.05. The standard InChI is InChI=1S/C18H20N2O3S2/c1-4-9-20-16-8-7-14(11-17(16)24-18(20)21)25(22,23)19-15-10-12(2)5-6-13(15)3/h5-8,10-11,19H,4,9H2,1-3H3. The van der Waals surface area contributed by atoms with Crippen molar-refractivity contribution < 1.29 is 8.42 Å². The predicted octanol–water partition coefficient (Wildman–Crippen LogP) is 3.89. The van der Waals surface area contributed by atoms with Crippen molar-refractivity contribution in [3.63, 3.8) is 0 Å². The summed E-state index contributed by atoms with van der Waals surface area (Å²) in [6, 6.07) is 10.5. The van der Waals surface area contributed by atoms with Crippen LogP contribution < -0.4 is 9.60 Å². The second-order valence-corrected chi connectivity index (χ2v) is 8.75. The van der Waals surface area contributed by atoms with Crippen LogP contribution in [-0.2, 0) is 16.6 Å². The summed E-state index contributed by atoms with van der Waals surface area (Å²) in [7, 11) is -3.71. The Hall–Kier alpha value is -2.12. The Balaban J connectivity index is 2.03. The molecule has 0 fully saturated rings. The summed E-state index contributed by atoms with van der Waals surface area (Å²) in [5, 5.41) is 0. The molecule has 5 nitrogen and oxygen atoms in total. The largest absolute Gasteiger partial charge is 0.308 e. The number of aromatic nitrogens is 1. The van der Waals surface area contributed by atoms with E-state index in [-0.39, 0.29) is 9.77 Å². The molecule has 0 spiro atoms. The van der Waals surface area contributed by atoms with E-state index in [9.17, 15) is 13.2 Å². The number of hydrogen-bond acceptors (Lipinski definition) is 4. The summed E-state index contributed by atoms with van der Waals surface area (Å²) in [5.74, 6) is 0. The molecule has 0 aliphatic heterocycles. The third-order valence-electron chi connectivity index (χ3n) is 4.03. The Morgan fingerprint density at radius 1 is 1.12 bits per heavy atom. The second-order valence-electron chi connectivity index (χ2n) is 6.07. The zero-order chi connectivity index (χ0) is 18.2. The van der Waals surface area contributed by atoms with Crippen molar-refractivity contribution in [1.29, 1.82) is 0 Å². The van der Waals surface area contributed by atoms with Crippen molar-refractivity contribution in [2.45, 2.75) is 38.6 Å². The molecule has 1 N–H and O–H groups in total. The van der Waals surface area contributed by atoms with Gasteiger partial charge in [-0.25, -0.2) is 8.42 Å². The monoisotopic (exact) mass is 376 g/mol. The molecule has 1 heterocycles. The van der Waals surface area contributed by atoms with Gasteiger partial charge in [0.05, 0.1) is 20.8 Å². The third kappa shape index (κ3) is 3.48. The van der Waals surface area contributed by atoms with Gasteiger partial charge in [-0.1, -0.05) is 30.4 Å². The minimum absolute atomic E-state index is 0.0612. The molecule has 25 heavy (non-hydrogen) atoms. The van der Waals surface area contributed by atoms with Gasteiger partial charge in [-0.15, -0.1) is 0 Å². The van der Waals surface area contributed by atoms with Crippen molar-refractivity contribution in [2.24, 2.45) is 0 Å². The fraction of sp³-hybridized carbons (Fsp3) is 0.278. The summed E-state index contributed by atoms with van der Waals surface area (Å²) < 4.78 is 30.5. The Bertz CT molecular complexity index is 1100. The SMILES string of the molecule is CCCn1c(=O)sc2cc(S(=O)(=O)Nc3cc(C)ccc3C)ccc21. The number of rotatable bonds is 5. The molecule has 3 aromatic rings. The van der Waals surface area contributed by atoms with Crippen molar-refractivity contribution in [2.75, 3.05) is 4.72 Å². The molecule has 0 amide bonds. The fourth-order valence-corrected chi connectivity index (χ4v) is 4.88. The Kier molecular flexibility index (Phi) is 4.71. The smallest absolute Gasteiger partial charge is 0.299 e. The lowest BCUT2D eigenvalue weighted by Crippen LogP contribution is -2.14. The molecule has 2 aromatic carbocycles. The molecule has 132 valence electrons. The molecule has 3 rings (SSSR count). The van der Waals surface area contributed by atoms with Crippen LogP contribution >= 0.6 is 11.3 Å². The quantitative estimate of drug-likeness (QED) is 0.734. The van der Waals surface area contributed by atoms with Gasteiger partial charge in [0.25, 0.3) is 10.0 Å². The predicted molar refractivity (Wildman–Crippen MR) is 103 cm³/mol. The molecular weight excluding hydrogens is 356 g/mol. The van der Waals surface area contributed by atoms with E-state index in [1.165, 1.54) is 0 Å². The van der Waals surface area contributed by atoms with E-state index < -0.39 is 10.0 Å². The molecule has 0 saturated heterocycles. The number of anilines is 1. The van der Waals surface area contributed by atoms with Crippen LogP contribution in [0, 0.1) is 13.8 Å². The summed E-state index contributed by atoms with van der Waals surface area (Å²) in [6.45, 7) is 6.41. The van der Waals surface area contributed by atoms with Gasteiger partial charge in [0, 0.05) is 6.54 Å². The van der Waals surface area contributed by atoms with Crippen molar-refractivity contribution in [1.82, 2.24) is 4.57 Å². The second kappa shape index (κ2) is 6.65. The van der Waals surface area contributed by atoms with Crippen LogP contribution in [0.15, 0.2) is 46.1 Å². The number of hydrogen-bond donors (Lipinski definition) is 1. The molecule has 7 heteroatoms. The first-order valence-corrected chi connectivity index (χ1v) is 10.4. The van der Waals surface area contributed by atoms with Crippen LogP contribution in [-0.4, -0.2) is 13.0 Å². The van der Waals surface area contributed by atoms with Gasteiger partial charge in [0.15, 0.2) is 0 Å². The van der Waals surface area contributed by atoms with Gasteiger partial charge in [0.2, 0.25) is 0 Å². The lowest BCUT2D eigenvalue weighted by atomic mass is 10.1. The van der Waals surface area contributed by atoms with Crippen LogP contribution in [0.5, 0.6) is 0 Å². The molecular formula is C18H20N2O3S2. The number of sulfonamides is 1. The Morgan fingerprint density at radius 3 is 2.60 bits per heavy atom. The third-order valence-corrected chi connectivity index (χ3v) is 6.34. The van der Waals surface area contributed by atoms with Crippen LogP contribution in [0.3, 0.4) is 0 Å². The Labute approximate surface area is 151 Å². The Morgan fingerprint density at radius 2 is 1.88 bits per heavy atom. The van der Waals surface area contributed by atoms with Gasteiger partial charge in [-0.3, -0.25) is 14.1 Å². The number of aryl methyl sites for hydroxylation is 3. The lowest BCUT2D eigenvalue weighted by molar-refractivity contribution is 0.601. The summed E-state index contributed by atoms with van der Waals surface area (Å²) in [5.41, 5.74) is 3.18. The first kappa shape index (κ1) is 17.7. The average Bonchev–Trinajstić information content (AvgIpc) is 2.86. The van der Waals surface area contributed by atoms with Crippen LogP contribution in [0.4, 0.5) is 5.69 Å². The lowest BCUT2D eigenvalue weighted by Gasteiger charge is -2.11. The molecule has 0 radical (unpaired) electrons. The van der Waals surface area contributed by atoms with Crippen molar-refractivity contribution in [3.05, 3.63) is 57.2 Å². The maximum Gasteiger partial charge on any atom is 0.308 e. The van der Waals surface area contributed by atoms with E-state index in [0.717, 1.165) is 34.4 Å². The van der Waals surface area contributed by atoms with Gasteiger partial charge >= 0.3 is 4.87 Å². The number of fused-ring (bicyclic) bond motifs is 1. The van der Waals surface area contributed by atoms with Crippen molar-refractivity contribution in [3.8, 4) is 0 Å². The summed E-state index contributed by atoms with van der Waals surface area (Å²) >= 11 is 1.08. The maximum absolute atomic E-state index is 12.7. The van der Waals surface area contributed by atoms with E-state index in [2.05, 4.69) is 4.72 Å². The van der Waals surface area contributed by atoms with Crippen LogP contribution in [0.1, 0.15) is 24.5 Å². The number of thiazole rings is 1. The highest BCUT2D eigenvalue weighted by Crippen LogP contribution is 2.25. The molecule has 0 saturated carbocycles. The maximum atomic E-state index is 12.7.